The quantitative estimate of drug-likeness (QED) is 0.721. The molecule has 0 aliphatic carbocycles. The topological polar surface area (TPSA) is 59.7 Å². The predicted octanol–water partition coefficient (Wildman–Crippen LogP) is 3.02. The van der Waals surface area contributed by atoms with Gasteiger partial charge in [-0.05, 0) is 26.3 Å². The number of hydrogen-bond donors (Lipinski definition) is 0. The molecular formula is C18H22N6S. The van der Waals surface area contributed by atoms with Crippen LogP contribution in [0.3, 0.4) is 0 Å². The summed E-state index contributed by atoms with van der Waals surface area (Å²) in [6.45, 7) is 5.24. The van der Waals surface area contributed by atoms with Gasteiger partial charge in [-0.15, -0.1) is 11.3 Å². The zero-order chi connectivity index (χ0) is 17.2. The van der Waals surface area contributed by atoms with E-state index < -0.39 is 0 Å². The third-order valence-electron chi connectivity index (χ3n) is 4.84. The lowest BCUT2D eigenvalue weighted by Crippen LogP contribution is -2.34. The van der Waals surface area contributed by atoms with Crippen molar-refractivity contribution in [3.63, 3.8) is 0 Å². The van der Waals surface area contributed by atoms with Crippen LogP contribution in [-0.2, 0) is 13.6 Å². The minimum Gasteiger partial charge on any atom is -0.333 e. The van der Waals surface area contributed by atoms with E-state index >= 15 is 0 Å². The number of imidazole rings is 1. The van der Waals surface area contributed by atoms with Crippen molar-refractivity contribution in [3.8, 4) is 11.5 Å². The van der Waals surface area contributed by atoms with E-state index in [-0.39, 0.29) is 0 Å². The van der Waals surface area contributed by atoms with Gasteiger partial charge < -0.3 is 4.57 Å². The van der Waals surface area contributed by atoms with Gasteiger partial charge >= 0.3 is 0 Å². The Morgan fingerprint density at radius 2 is 2.20 bits per heavy atom. The first-order valence-corrected chi connectivity index (χ1v) is 9.49. The summed E-state index contributed by atoms with van der Waals surface area (Å²) in [4.78, 5) is 21.9. The zero-order valence-electron chi connectivity index (χ0n) is 14.6. The lowest BCUT2D eigenvalue weighted by atomic mass is 9.95. The van der Waals surface area contributed by atoms with Gasteiger partial charge in [0.1, 0.15) is 5.69 Å². The van der Waals surface area contributed by atoms with E-state index in [0.29, 0.717) is 5.92 Å². The van der Waals surface area contributed by atoms with E-state index in [9.17, 15) is 0 Å². The number of likely N-dealkylation sites (tertiary alicyclic amines) is 1. The molecule has 3 aromatic rings. The predicted molar refractivity (Wildman–Crippen MR) is 98.3 cm³/mol. The van der Waals surface area contributed by atoms with E-state index in [4.69, 9.17) is 4.98 Å². The average molecular weight is 354 g/mol. The van der Waals surface area contributed by atoms with Crippen molar-refractivity contribution in [1.82, 2.24) is 29.4 Å². The van der Waals surface area contributed by atoms with Crippen LogP contribution in [0, 0.1) is 6.92 Å². The van der Waals surface area contributed by atoms with Crippen LogP contribution in [0.2, 0.25) is 0 Å². The van der Waals surface area contributed by atoms with Gasteiger partial charge in [0.05, 0.1) is 23.1 Å². The minimum atomic E-state index is 0.426. The van der Waals surface area contributed by atoms with Crippen molar-refractivity contribution in [2.24, 2.45) is 7.05 Å². The summed E-state index contributed by atoms with van der Waals surface area (Å²) in [5, 5.41) is 0. The average Bonchev–Trinajstić information content (AvgIpc) is 3.24. The van der Waals surface area contributed by atoms with Crippen LogP contribution in [0.25, 0.3) is 11.5 Å². The molecule has 7 heteroatoms. The number of thiazole rings is 1. The Morgan fingerprint density at radius 1 is 1.28 bits per heavy atom. The third kappa shape index (κ3) is 3.48. The van der Waals surface area contributed by atoms with E-state index in [1.165, 1.54) is 11.3 Å². The van der Waals surface area contributed by atoms with Crippen molar-refractivity contribution in [2.75, 3.05) is 13.1 Å². The standard InChI is InChI=1S/C18H22N6S/c1-13-17(25-12-21-13)11-24-6-3-4-14(10-24)15-8-19-9-16(22-15)18-20-5-7-23(18)2/h5,7-9,12,14H,3-4,6,10-11H2,1-2H3/t14-/m0/s1. The normalized spacial score (nSPS) is 18.6. The highest BCUT2D eigenvalue weighted by Gasteiger charge is 2.24. The van der Waals surface area contributed by atoms with Gasteiger partial charge in [-0.3, -0.25) is 9.88 Å². The molecule has 1 aliphatic heterocycles. The fourth-order valence-corrected chi connectivity index (χ4v) is 4.24. The van der Waals surface area contributed by atoms with Gasteiger partial charge in [-0.25, -0.2) is 15.0 Å². The molecule has 25 heavy (non-hydrogen) atoms. The second-order valence-corrected chi connectivity index (χ2v) is 7.57. The van der Waals surface area contributed by atoms with Gasteiger partial charge in [-0.1, -0.05) is 0 Å². The first-order chi connectivity index (χ1) is 12.2. The van der Waals surface area contributed by atoms with Gasteiger partial charge in [0, 0.05) is 49.5 Å². The van der Waals surface area contributed by atoms with Crippen LogP contribution in [0.1, 0.15) is 35.0 Å². The molecule has 6 nitrogen and oxygen atoms in total. The first-order valence-electron chi connectivity index (χ1n) is 8.61. The number of piperidine rings is 1. The van der Waals surface area contributed by atoms with E-state index in [1.54, 1.807) is 23.7 Å². The summed E-state index contributed by atoms with van der Waals surface area (Å²) in [5.41, 5.74) is 5.02. The summed E-state index contributed by atoms with van der Waals surface area (Å²) >= 11 is 1.75. The number of aryl methyl sites for hydroxylation is 2. The fraction of sp³-hybridized carbons (Fsp3) is 0.444. The lowest BCUT2D eigenvalue weighted by molar-refractivity contribution is 0.199. The highest BCUT2D eigenvalue weighted by molar-refractivity contribution is 7.09. The molecule has 0 aromatic carbocycles. The van der Waals surface area contributed by atoms with E-state index in [1.807, 2.05) is 29.5 Å². The summed E-state index contributed by atoms with van der Waals surface area (Å²) in [7, 11) is 1.98. The Balaban J connectivity index is 1.51. The van der Waals surface area contributed by atoms with Crippen LogP contribution < -0.4 is 0 Å². The molecule has 1 atom stereocenters. The maximum Gasteiger partial charge on any atom is 0.159 e. The third-order valence-corrected chi connectivity index (χ3v) is 5.76. The molecule has 1 saturated heterocycles. The van der Waals surface area contributed by atoms with Crippen LogP contribution in [0.4, 0.5) is 0 Å². The van der Waals surface area contributed by atoms with E-state index in [2.05, 4.69) is 26.8 Å². The fourth-order valence-electron chi connectivity index (χ4n) is 3.42. The Kier molecular flexibility index (Phi) is 4.59. The first kappa shape index (κ1) is 16.4. The molecule has 0 bridgehead atoms. The summed E-state index contributed by atoms with van der Waals surface area (Å²) in [6, 6.07) is 0. The van der Waals surface area contributed by atoms with E-state index in [0.717, 1.165) is 49.0 Å². The monoisotopic (exact) mass is 354 g/mol. The molecule has 1 fully saturated rings. The van der Waals surface area contributed by atoms with Crippen LogP contribution in [0.15, 0.2) is 30.3 Å². The van der Waals surface area contributed by atoms with Gasteiger partial charge in [0.25, 0.3) is 0 Å². The second-order valence-electron chi connectivity index (χ2n) is 6.63. The summed E-state index contributed by atoms with van der Waals surface area (Å²) < 4.78 is 1.98. The Bertz CT molecular complexity index is 855. The summed E-state index contributed by atoms with van der Waals surface area (Å²) in [6.07, 6.45) is 9.80. The Morgan fingerprint density at radius 3 is 2.96 bits per heavy atom. The number of hydrogen-bond acceptors (Lipinski definition) is 6. The van der Waals surface area contributed by atoms with Crippen molar-refractivity contribution in [3.05, 3.63) is 46.6 Å². The van der Waals surface area contributed by atoms with Crippen LogP contribution in [0.5, 0.6) is 0 Å². The molecule has 0 spiro atoms. The van der Waals surface area contributed by atoms with Gasteiger partial charge in [0.15, 0.2) is 5.82 Å². The van der Waals surface area contributed by atoms with Crippen molar-refractivity contribution < 1.29 is 0 Å². The number of rotatable bonds is 4. The van der Waals surface area contributed by atoms with Crippen LogP contribution >= 0.6 is 11.3 Å². The molecule has 0 amide bonds. The minimum absolute atomic E-state index is 0.426. The molecular weight excluding hydrogens is 332 g/mol. The molecule has 1 aliphatic rings. The van der Waals surface area contributed by atoms with Crippen molar-refractivity contribution >= 4 is 11.3 Å². The molecule has 4 rings (SSSR count). The zero-order valence-corrected chi connectivity index (χ0v) is 15.4. The summed E-state index contributed by atoms with van der Waals surface area (Å²) in [5.74, 6) is 1.29. The molecule has 0 radical (unpaired) electrons. The Labute approximate surface area is 151 Å². The lowest BCUT2D eigenvalue weighted by Gasteiger charge is -2.32. The molecule has 0 N–H and O–H groups in total. The largest absolute Gasteiger partial charge is 0.333 e. The van der Waals surface area contributed by atoms with Crippen LogP contribution in [-0.4, -0.2) is 42.5 Å². The molecule has 130 valence electrons. The number of aromatic nitrogens is 5. The van der Waals surface area contributed by atoms with Gasteiger partial charge in [-0.2, -0.15) is 0 Å². The SMILES string of the molecule is Cc1ncsc1CN1CCC[C@H](c2cncc(-c3nccn3C)n2)C1. The van der Waals surface area contributed by atoms with Crippen molar-refractivity contribution in [2.45, 2.75) is 32.2 Å². The molecule has 0 unspecified atom stereocenters. The highest BCUT2D eigenvalue weighted by Crippen LogP contribution is 2.28. The molecule has 3 aromatic heterocycles. The molecule has 4 heterocycles. The number of nitrogens with zero attached hydrogens (tertiary/aromatic N) is 6. The smallest absolute Gasteiger partial charge is 0.159 e. The molecule has 0 saturated carbocycles. The maximum atomic E-state index is 4.87. The highest BCUT2D eigenvalue weighted by atomic mass is 32.1. The Hall–Kier alpha value is -2.12. The van der Waals surface area contributed by atoms with Crippen molar-refractivity contribution in [1.29, 1.82) is 0 Å². The second kappa shape index (κ2) is 7.01. The maximum absolute atomic E-state index is 4.87. The van der Waals surface area contributed by atoms with Gasteiger partial charge in [0.2, 0.25) is 0 Å².